The summed E-state index contributed by atoms with van der Waals surface area (Å²) in [6.45, 7) is 2.77. The second-order valence-electron chi connectivity index (χ2n) is 13.9. The highest BCUT2D eigenvalue weighted by Gasteiger charge is 2.23. The smallest absolute Gasteiger partial charge is 0.311 e. The summed E-state index contributed by atoms with van der Waals surface area (Å²) >= 11 is 1.33. The molecule has 0 atom stereocenters. The van der Waals surface area contributed by atoms with Gasteiger partial charge in [-0.05, 0) is 48.4 Å². The number of rotatable bonds is 22. The van der Waals surface area contributed by atoms with Crippen molar-refractivity contribution in [3.63, 3.8) is 0 Å². The largest absolute Gasteiger partial charge is 0.506 e. The van der Waals surface area contributed by atoms with Crippen LogP contribution in [0.1, 0.15) is 99.9 Å². The molecule has 6 aromatic rings. The predicted molar refractivity (Wildman–Crippen MR) is 223 cm³/mol. The molecule has 1 aromatic heterocycles. The average molecular weight is 776 g/mol. The molecular weight excluding hydrogens is 727 g/mol. The van der Waals surface area contributed by atoms with E-state index >= 15 is 0 Å². The van der Waals surface area contributed by atoms with Crippen LogP contribution in [0.15, 0.2) is 107 Å². The molecule has 0 saturated heterocycles. The fourth-order valence-electron chi connectivity index (χ4n) is 6.65. The van der Waals surface area contributed by atoms with Crippen LogP contribution in [0, 0.1) is 10.1 Å². The highest BCUT2D eigenvalue weighted by atomic mass is 32.2. The van der Waals surface area contributed by atoms with Crippen LogP contribution < -0.4 is 14.8 Å². The SMILES string of the molecule is CCCCCCCCCCCCCCOc1ccccc1NC(=O)c1cc(Oc2ccc(CSc3nc4ccccc4o3)cc2[N+](=O)[O-])c2ccccc2c1O. The number of nitro groups is 1. The number of unbranched alkanes of at least 4 members (excludes halogenated alkanes) is 11. The number of para-hydroxylation sites is 4. The number of nitrogens with zero attached hydrogens (tertiary/aromatic N) is 2. The number of hydrogen-bond donors (Lipinski definition) is 2. The lowest BCUT2D eigenvalue weighted by atomic mass is 10.0. The summed E-state index contributed by atoms with van der Waals surface area (Å²) in [6.07, 6.45) is 15.0. The number of phenolic OH excluding ortho intramolecular Hbond substituents is 1. The number of nitro benzene ring substituents is 1. The third-order valence-corrected chi connectivity index (χ3v) is 10.6. The summed E-state index contributed by atoms with van der Waals surface area (Å²) < 4.78 is 18.1. The van der Waals surface area contributed by atoms with E-state index in [0.29, 0.717) is 50.9 Å². The zero-order chi connectivity index (χ0) is 39.1. The topological polar surface area (TPSA) is 137 Å². The van der Waals surface area contributed by atoms with Crippen molar-refractivity contribution in [3.8, 4) is 23.0 Å². The number of ether oxygens (including phenoxy) is 2. The van der Waals surface area contributed by atoms with Crippen LogP contribution in [0.4, 0.5) is 11.4 Å². The summed E-state index contributed by atoms with van der Waals surface area (Å²) in [4.78, 5) is 30.0. The Balaban J connectivity index is 1.09. The van der Waals surface area contributed by atoms with Gasteiger partial charge >= 0.3 is 5.69 Å². The van der Waals surface area contributed by atoms with Gasteiger partial charge in [-0.2, -0.15) is 0 Å². The van der Waals surface area contributed by atoms with Crippen molar-refractivity contribution in [1.29, 1.82) is 0 Å². The van der Waals surface area contributed by atoms with E-state index in [1.165, 1.54) is 94.2 Å². The first-order valence-electron chi connectivity index (χ1n) is 19.6. The Morgan fingerprint density at radius 3 is 2.18 bits per heavy atom. The first-order chi connectivity index (χ1) is 27.4. The maximum atomic E-state index is 13.8. The van der Waals surface area contributed by atoms with Gasteiger partial charge < -0.3 is 24.3 Å². The molecule has 11 heteroatoms. The zero-order valence-electron chi connectivity index (χ0n) is 31.8. The maximum absolute atomic E-state index is 13.8. The van der Waals surface area contributed by atoms with Gasteiger partial charge in [0.25, 0.3) is 11.1 Å². The molecular formula is C45H49N3O7S. The molecule has 0 radical (unpaired) electrons. The second kappa shape index (κ2) is 20.4. The zero-order valence-corrected chi connectivity index (χ0v) is 32.7. The number of carbonyl (C=O) groups excluding carboxylic acids is 1. The van der Waals surface area contributed by atoms with E-state index in [0.717, 1.165) is 18.4 Å². The fraction of sp³-hybridized carbons (Fsp3) is 0.333. The molecule has 0 bridgehead atoms. The number of anilines is 1. The lowest BCUT2D eigenvalue weighted by Crippen LogP contribution is -2.14. The van der Waals surface area contributed by atoms with E-state index in [1.807, 2.05) is 30.3 Å². The Morgan fingerprint density at radius 2 is 1.45 bits per heavy atom. The number of benzene rings is 5. The average Bonchev–Trinajstić information content (AvgIpc) is 3.64. The Kier molecular flexibility index (Phi) is 14.6. The van der Waals surface area contributed by atoms with Crippen LogP contribution in [0.25, 0.3) is 21.9 Å². The standard InChI is InChI=1S/C45H49N3O7S/c1-2-3-4-5-6-7-8-9-10-11-12-19-28-53-39-24-17-15-22-36(39)46-44(50)35-30-42(33-20-13-14-21-34(33)43(35)49)54-41-27-26-32(29-38(41)48(51)52)31-56-45-47-37-23-16-18-25-40(37)55-45/h13-18,20-27,29-30,49H,2-12,19,28,31H2,1H3,(H,46,50). The van der Waals surface area contributed by atoms with Gasteiger partial charge in [0.05, 0.1) is 22.8 Å². The number of aromatic nitrogens is 1. The number of carbonyl (C=O) groups is 1. The molecule has 56 heavy (non-hydrogen) atoms. The minimum atomic E-state index is -0.583. The number of phenols is 1. The van der Waals surface area contributed by atoms with Crippen molar-refractivity contribution in [1.82, 2.24) is 4.98 Å². The van der Waals surface area contributed by atoms with Gasteiger partial charge in [0.2, 0.25) is 5.75 Å². The van der Waals surface area contributed by atoms with Crippen molar-refractivity contribution in [2.45, 2.75) is 94.9 Å². The van der Waals surface area contributed by atoms with Crippen LogP contribution in [0.5, 0.6) is 23.0 Å². The minimum absolute atomic E-state index is 0.00985. The molecule has 292 valence electrons. The van der Waals surface area contributed by atoms with E-state index in [2.05, 4.69) is 17.2 Å². The molecule has 5 aromatic carbocycles. The number of oxazole rings is 1. The van der Waals surface area contributed by atoms with Gasteiger partial charge in [-0.1, -0.05) is 144 Å². The molecule has 0 aliphatic rings. The van der Waals surface area contributed by atoms with Crippen molar-refractivity contribution < 1.29 is 28.7 Å². The van der Waals surface area contributed by atoms with Crippen LogP contribution in [0.3, 0.4) is 0 Å². The van der Waals surface area contributed by atoms with E-state index in [-0.39, 0.29) is 28.5 Å². The molecule has 0 aliphatic carbocycles. The van der Waals surface area contributed by atoms with E-state index in [1.54, 1.807) is 48.5 Å². The monoisotopic (exact) mass is 775 g/mol. The van der Waals surface area contributed by atoms with E-state index < -0.39 is 10.8 Å². The highest BCUT2D eigenvalue weighted by Crippen LogP contribution is 2.41. The highest BCUT2D eigenvalue weighted by molar-refractivity contribution is 7.98. The van der Waals surface area contributed by atoms with E-state index in [9.17, 15) is 20.0 Å². The number of aromatic hydroxyl groups is 1. The maximum Gasteiger partial charge on any atom is 0.311 e. The first-order valence-corrected chi connectivity index (χ1v) is 20.6. The number of fused-ring (bicyclic) bond motifs is 2. The van der Waals surface area contributed by atoms with Gasteiger partial charge in [0.1, 0.15) is 22.8 Å². The normalized spacial score (nSPS) is 11.2. The molecule has 0 spiro atoms. The Bertz CT molecular complexity index is 2200. The summed E-state index contributed by atoms with van der Waals surface area (Å²) in [5.41, 5.74) is 2.24. The third-order valence-electron chi connectivity index (χ3n) is 9.69. The van der Waals surface area contributed by atoms with Gasteiger partial charge in [-0.15, -0.1) is 0 Å². The molecule has 6 rings (SSSR count). The minimum Gasteiger partial charge on any atom is -0.506 e. The summed E-state index contributed by atoms with van der Waals surface area (Å²) in [5.74, 6) is 0.263. The van der Waals surface area contributed by atoms with Crippen LogP contribution in [0.2, 0.25) is 0 Å². The Morgan fingerprint density at radius 1 is 0.786 bits per heavy atom. The van der Waals surface area contributed by atoms with Crippen LogP contribution in [-0.2, 0) is 5.75 Å². The summed E-state index contributed by atoms with van der Waals surface area (Å²) in [7, 11) is 0. The Labute approximate surface area is 331 Å². The van der Waals surface area contributed by atoms with E-state index in [4.69, 9.17) is 13.9 Å². The molecule has 10 nitrogen and oxygen atoms in total. The molecule has 0 saturated carbocycles. The number of amides is 1. The van der Waals surface area contributed by atoms with Crippen molar-refractivity contribution in [2.24, 2.45) is 0 Å². The lowest BCUT2D eigenvalue weighted by molar-refractivity contribution is -0.385. The quantitative estimate of drug-likeness (QED) is 0.0299. The fourth-order valence-corrected chi connectivity index (χ4v) is 7.43. The van der Waals surface area contributed by atoms with Crippen LogP contribution in [-0.4, -0.2) is 27.5 Å². The molecule has 0 unspecified atom stereocenters. The molecule has 0 fully saturated rings. The van der Waals surface area contributed by atoms with Gasteiger partial charge in [-0.3, -0.25) is 14.9 Å². The number of thioether (sulfide) groups is 1. The van der Waals surface area contributed by atoms with Gasteiger partial charge in [-0.25, -0.2) is 4.98 Å². The molecule has 1 heterocycles. The molecule has 2 N–H and O–H groups in total. The lowest BCUT2D eigenvalue weighted by Gasteiger charge is -2.16. The van der Waals surface area contributed by atoms with Gasteiger partial charge in [0, 0.05) is 22.6 Å². The van der Waals surface area contributed by atoms with Crippen LogP contribution >= 0.6 is 11.8 Å². The molecule has 1 amide bonds. The number of nitrogens with one attached hydrogen (secondary N) is 1. The van der Waals surface area contributed by atoms with Gasteiger partial charge in [0.15, 0.2) is 5.58 Å². The number of hydrogen-bond acceptors (Lipinski definition) is 9. The molecule has 0 aliphatic heterocycles. The van der Waals surface area contributed by atoms with Crippen molar-refractivity contribution in [2.75, 3.05) is 11.9 Å². The summed E-state index contributed by atoms with van der Waals surface area (Å²) in [6, 6.07) is 27.7. The van der Waals surface area contributed by atoms with Crippen molar-refractivity contribution >= 4 is 50.9 Å². The first kappa shape index (κ1) is 40.1. The second-order valence-corrected chi connectivity index (χ2v) is 14.8. The third kappa shape index (κ3) is 10.8. The predicted octanol–water partition coefficient (Wildman–Crippen LogP) is 13.0. The van der Waals surface area contributed by atoms with Crippen molar-refractivity contribution in [3.05, 3.63) is 118 Å². The Hall–Kier alpha value is -5.55. The summed E-state index contributed by atoms with van der Waals surface area (Å²) in [5, 5.41) is 27.8.